The number of hydrogen-bond donors (Lipinski definition) is 3. The van der Waals surface area contributed by atoms with Crippen LogP contribution in [0.4, 0.5) is 0 Å². The molecule has 0 saturated carbocycles. The molecule has 5 aromatic rings. The van der Waals surface area contributed by atoms with Crippen LogP contribution in [0.15, 0.2) is 115 Å². The normalized spacial score (nSPS) is 19.1. The van der Waals surface area contributed by atoms with Crippen molar-refractivity contribution in [3.8, 4) is 51.9 Å². The summed E-state index contributed by atoms with van der Waals surface area (Å²) in [5.41, 5.74) is 5.87. The molecule has 1 atom stereocenters. The fourth-order valence-electron chi connectivity index (χ4n) is 9.52. The average molecular weight is 1040 g/mol. The zero-order valence-electron chi connectivity index (χ0n) is 40.5. The number of halogens is 3. The van der Waals surface area contributed by atoms with Gasteiger partial charge >= 0.3 is 0 Å². The molecule has 2 aliphatic heterocycles. The first-order chi connectivity index (χ1) is 32.7. The van der Waals surface area contributed by atoms with E-state index in [1.165, 1.54) is 12.7 Å². The highest BCUT2D eigenvalue weighted by atomic mass is 79.9. The highest BCUT2D eigenvalue weighted by Crippen LogP contribution is 2.37. The first-order valence-electron chi connectivity index (χ1n) is 22.9. The molecule has 0 bridgehead atoms. The molecule has 362 valence electrons. The summed E-state index contributed by atoms with van der Waals surface area (Å²) < 4.78 is 18.3. The molecule has 0 amide bonds. The summed E-state index contributed by atoms with van der Waals surface area (Å²) in [7, 11) is 0. The van der Waals surface area contributed by atoms with Gasteiger partial charge in [-0.3, -0.25) is 0 Å². The molecule has 8 rings (SSSR count). The van der Waals surface area contributed by atoms with E-state index < -0.39 is 0 Å². The second-order valence-electron chi connectivity index (χ2n) is 20.1. The van der Waals surface area contributed by atoms with Gasteiger partial charge in [-0.05, 0) is 135 Å². The lowest BCUT2D eigenvalue weighted by Gasteiger charge is -2.46. The van der Waals surface area contributed by atoms with E-state index in [4.69, 9.17) is 37.4 Å². The minimum atomic E-state index is -0.290. The molecular weight excluding hydrogens is 975 g/mol. The van der Waals surface area contributed by atoms with Crippen LogP contribution in [-0.2, 0) is 11.3 Å². The number of piperidine rings is 2. The largest absolute Gasteiger partial charge is 0.483 e. The number of alkyl halides is 1. The zero-order valence-corrected chi connectivity index (χ0v) is 43.6. The Morgan fingerprint density at radius 2 is 1.26 bits per heavy atom. The molecular formula is C54H61BrCl2N8O4. The van der Waals surface area contributed by atoms with Crippen molar-refractivity contribution in [2.75, 3.05) is 5.33 Å². The quantitative estimate of drug-likeness (QED) is 0.113. The summed E-state index contributed by atoms with van der Waals surface area (Å²) in [6, 6.07) is 24.4. The van der Waals surface area contributed by atoms with Crippen LogP contribution < -0.4 is 20.1 Å². The molecule has 3 aliphatic rings. The number of nitriles is 2. The molecule has 12 nitrogen and oxygen atoms in total. The predicted molar refractivity (Wildman–Crippen MR) is 276 cm³/mol. The summed E-state index contributed by atoms with van der Waals surface area (Å²) in [6.07, 6.45) is 14.2. The van der Waals surface area contributed by atoms with E-state index >= 15 is 0 Å². The molecule has 2 aromatic heterocycles. The first kappa shape index (κ1) is 53.1. The van der Waals surface area contributed by atoms with Gasteiger partial charge in [-0.25, -0.2) is 19.9 Å². The maximum Gasteiger partial charge on any atom is 0.146 e. The molecule has 69 heavy (non-hydrogen) atoms. The van der Waals surface area contributed by atoms with E-state index in [2.05, 4.69) is 120 Å². The highest BCUT2D eigenvalue weighted by Gasteiger charge is 2.38. The summed E-state index contributed by atoms with van der Waals surface area (Å²) in [4.78, 5) is 16.3. The molecule has 3 aromatic carbocycles. The zero-order chi connectivity index (χ0) is 50.0. The van der Waals surface area contributed by atoms with Gasteiger partial charge in [-0.15, -0.1) is 0 Å². The van der Waals surface area contributed by atoms with Crippen molar-refractivity contribution in [3.63, 3.8) is 0 Å². The minimum Gasteiger partial charge on any atom is -0.483 e. The van der Waals surface area contributed by atoms with Gasteiger partial charge in [0, 0.05) is 57.4 Å². The molecule has 3 N–H and O–H groups in total. The monoisotopic (exact) mass is 1030 g/mol. The van der Waals surface area contributed by atoms with Gasteiger partial charge in [0.25, 0.3) is 0 Å². The molecule has 15 heteroatoms. The number of aliphatic hydroxyl groups excluding tert-OH is 1. The Kier molecular flexibility index (Phi) is 17.8. The molecule has 1 unspecified atom stereocenters. The minimum absolute atomic E-state index is 0.0283. The molecule has 2 fully saturated rings. The molecule has 0 spiro atoms. The second-order valence-corrected chi connectivity index (χ2v) is 21.5. The topological polar surface area (TPSA) is 171 Å². The lowest BCUT2D eigenvalue weighted by Crippen LogP contribution is -2.59. The van der Waals surface area contributed by atoms with Crippen LogP contribution in [0.3, 0.4) is 0 Å². The van der Waals surface area contributed by atoms with Crippen molar-refractivity contribution in [3.05, 3.63) is 136 Å². The van der Waals surface area contributed by atoms with Gasteiger partial charge in [0.2, 0.25) is 0 Å². The smallest absolute Gasteiger partial charge is 0.146 e. The van der Waals surface area contributed by atoms with Crippen molar-refractivity contribution in [1.29, 1.82) is 10.5 Å². The molecule has 0 radical (unpaired) electrons. The van der Waals surface area contributed by atoms with E-state index in [1.54, 1.807) is 36.7 Å². The van der Waals surface area contributed by atoms with E-state index in [-0.39, 0.29) is 40.5 Å². The third-order valence-electron chi connectivity index (χ3n) is 11.7. The number of allylic oxidation sites excluding steroid dienone is 2. The predicted octanol–water partition coefficient (Wildman–Crippen LogP) is 12.2. The van der Waals surface area contributed by atoms with E-state index in [9.17, 15) is 15.6 Å². The number of nitrogens with zero attached hydrogens (tertiary/aromatic N) is 6. The maximum absolute atomic E-state index is 9.79. The number of aliphatic hydroxyl groups is 1. The van der Waals surface area contributed by atoms with Gasteiger partial charge in [0.05, 0.1) is 40.3 Å². The fraction of sp³-hybridized carbons (Fsp3) is 0.407. The number of benzene rings is 3. The molecule has 1 aliphatic carbocycles. The van der Waals surface area contributed by atoms with Crippen LogP contribution >= 0.6 is 39.1 Å². The van der Waals surface area contributed by atoms with Crippen molar-refractivity contribution >= 4 is 39.1 Å². The number of hydrogen-bond acceptors (Lipinski definition) is 12. The Labute approximate surface area is 425 Å². The van der Waals surface area contributed by atoms with Crippen LogP contribution in [-0.4, -0.2) is 70.8 Å². The van der Waals surface area contributed by atoms with Crippen LogP contribution in [0.1, 0.15) is 104 Å². The standard InChI is InChI=1S/C27H29ClN4O2.C18H13BrClN3O.C9H19NO/c1-26(2)13-19(14-27(3,4)32-26)33-16-18-8-9-25(22(28)12-18)34-24-7-5-6-20(21(24)15-29)23-10-11-30-17-31-23;19-9-12-4-5-18(15(20)8-12)24-17-3-1-2-13(14(17)10-21)16-6-7-22-11-23-16;1-8(2)5-7(11)6-9(3,4)10-8/h5-12,17,19,32H,13-14,16H2,1-4H3;1-4,6-8,11,18H,5,9H2;7,10-11H,5-6H2,1-4H3. The third kappa shape index (κ3) is 15.1. The van der Waals surface area contributed by atoms with Crippen LogP contribution in [0, 0.1) is 22.7 Å². The Balaban J connectivity index is 0.000000193. The second kappa shape index (κ2) is 23.1. The van der Waals surface area contributed by atoms with Crippen molar-refractivity contribution in [2.24, 2.45) is 0 Å². The van der Waals surface area contributed by atoms with Crippen LogP contribution in [0.2, 0.25) is 5.02 Å². The fourth-order valence-corrected chi connectivity index (χ4v) is 10.4. The average Bonchev–Trinajstić information content (AvgIpc) is 3.28. The van der Waals surface area contributed by atoms with Gasteiger partial charge < -0.3 is 30.0 Å². The van der Waals surface area contributed by atoms with Gasteiger partial charge in [-0.1, -0.05) is 75.5 Å². The molecule has 4 heterocycles. The Morgan fingerprint density at radius 1 is 0.725 bits per heavy atom. The van der Waals surface area contributed by atoms with E-state index in [0.29, 0.717) is 74.0 Å². The lowest BCUT2D eigenvalue weighted by atomic mass is 9.81. The number of nitrogens with one attached hydrogen (secondary N) is 2. The number of aromatic nitrogens is 4. The van der Waals surface area contributed by atoms with Crippen molar-refractivity contribution in [2.45, 2.75) is 135 Å². The number of rotatable bonds is 10. The highest BCUT2D eigenvalue weighted by molar-refractivity contribution is 9.09. The third-order valence-corrected chi connectivity index (χ3v) is 13.0. The van der Waals surface area contributed by atoms with Gasteiger partial charge in [0.1, 0.15) is 59.3 Å². The SMILES string of the molecule is CC1(C)CC(O)CC(C)(C)N1.CC1(C)CC(OCc2ccc(Oc3cccc(-c4ccncn4)c3C#N)c(Cl)c2)CC(C)(C)N1.N#Cc1c(OC2CC=C(CBr)C=C2Cl)cccc1-c1ccncn1. The summed E-state index contributed by atoms with van der Waals surface area (Å²) in [5.74, 6) is 1.40. The number of ether oxygens (including phenoxy) is 3. The van der Waals surface area contributed by atoms with E-state index in [1.807, 2.05) is 48.5 Å². The van der Waals surface area contributed by atoms with Crippen molar-refractivity contribution < 1.29 is 19.3 Å². The van der Waals surface area contributed by atoms with Crippen molar-refractivity contribution in [1.82, 2.24) is 30.6 Å². The maximum atomic E-state index is 9.79. The van der Waals surface area contributed by atoms with Crippen LogP contribution in [0.5, 0.6) is 17.2 Å². The summed E-state index contributed by atoms with van der Waals surface area (Å²) >= 11 is 16.3. The van der Waals surface area contributed by atoms with Gasteiger partial charge in [0.15, 0.2) is 0 Å². The first-order valence-corrected chi connectivity index (χ1v) is 24.8. The lowest BCUT2D eigenvalue weighted by molar-refractivity contribution is -0.0303. The Hall–Kier alpha value is -5.22. The molecule has 2 saturated heterocycles. The summed E-state index contributed by atoms with van der Waals surface area (Å²) in [5, 5.41) is 37.9. The van der Waals surface area contributed by atoms with E-state index in [0.717, 1.165) is 42.1 Å². The summed E-state index contributed by atoms with van der Waals surface area (Å²) in [6.45, 7) is 17.9. The van der Waals surface area contributed by atoms with Gasteiger partial charge in [-0.2, -0.15) is 10.5 Å². The van der Waals surface area contributed by atoms with Crippen LogP contribution in [0.25, 0.3) is 22.5 Å². The Morgan fingerprint density at radius 3 is 1.74 bits per heavy atom. The Bertz CT molecular complexity index is 2670.